The molecule has 1 heteroatoms. The van der Waals surface area contributed by atoms with Crippen molar-refractivity contribution in [2.24, 2.45) is 0 Å². The summed E-state index contributed by atoms with van der Waals surface area (Å²) in [4.78, 5) is 0. The van der Waals surface area contributed by atoms with Gasteiger partial charge in [0.25, 0.3) is 0 Å². The molecule has 0 aromatic heterocycles. The van der Waals surface area contributed by atoms with Crippen LogP contribution in [0.15, 0.2) is 18.2 Å². The minimum Gasteiger partial charge on any atom is -0.385 e. The Labute approximate surface area is 68.9 Å². The fourth-order valence-electron chi connectivity index (χ4n) is 1.57. The van der Waals surface area contributed by atoms with Gasteiger partial charge in [-0.2, -0.15) is 0 Å². The van der Waals surface area contributed by atoms with Crippen LogP contribution in [0, 0.1) is 6.92 Å². The number of benzene rings is 1. The number of anilines is 1. The van der Waals surface area contributed by atoms with E-state index in [1.807, 2.05) is 0 Å². The first-order chi connectivity index (χ1) is 5.36. The predicted molar refractivity (Wildman–Crippen MR) is 50.1 cm³/mol. The first-order valence-electron chi connectivity index (χ1n) is 4.20. The van der Waals surface area contributed by atoms with Gasteiger partial charge >= 0.3 is 0 Å². The van der Waals surface area contributed by atoms with Crippen LogP contribution < -0.4 is 5.32 Å². The van der Waals surface area contributed by atoms with Crippen LogP contribution in [0.5, 0.6) is 0 Å². The Kier molecular flexibility index (Phi) is 1.57. The summed E-state index contributed by atoms with van der Waals surface area (Å²) in [6.45, 7) is 3.27. The van der Waals surface area contributed by atoms with Crippen molar-refractivity contribution in [1.82, 2.24) is 0 Å². The van der Waals surface area contributed by atoms with Gasteiger partial charge in [0.1, 0.15) is 0 Å². The summed E-state index contributed by atoms with van der Waals surface area (Å²) in [6, 6.07) is 6.65. The first kappa shape index (κ1) is 6.71. The van der Waals surface area contributed by atoms with Crippen LogP contribution in [0.1, 0.15) is 19.0 Å². The molecule has 1 nitrogen and oxygen atoms in total. The maximum absolute atomic E-state index is 3.40. The molecule has 0 aliphatic carbocycles. The molecule has 1 N–H and O–H groups in total. The van der Waals surface area contributed by atoms with Gasteiger partial charge in [-0.05, 0) is 37.0 Å². The summed E-state index contributed by atoms with van der Waals surface area (Å²) in [5, 5.41) is 3.40. The van der Waals surface area contributed by atoms with E-state index in [2.05, 4.69) is 30.4 Å². The van der Waals surface area contributed by atoms with Crippen molar-refractivity contribution in [1.29, 1.82) is 0 Å². The third kappa shape index (κ3) is 1.23. The zero-order valence-electron chi connectivity index (χ0n) is 6.85. The molecule has 1 aliphatic rings. The quantitative estimate of drug-likeness (QED) is 0.598. The molecule has 0 saturated heterocycles. The normalized spacial score (nSPS) is 15.4. The summed E-state index contributed by atoms with van der Waals surface area (Å²) < 4.78 is 0. The van der Waals surface area contributed by atoms with Crippen molar-refractivity contribution in [2.45, 2.75) is 19.8 Å². The van der Waals surface area contributed by atoms with Crippen LogP contribution in [0.2, 0.25) is 0 Å². The number of fused-ring (bicyclic) bond motifs is 1. The van der Waals surface area contributed by atoms with E-state index in [9.17, 15) is 0 Å². The topological polar surface area (TPSA) is 12.0 Å². The molecule has 0 saturated carbocycles. The van der Waals surface area contributed by atoms with Crippen LogP contribution in [-0.2, 0) is 6.42 Å². The van der Waals surface area contributed by atoms with Gasteiger partial charge in [0.2, 0.25) is 0 Å². The zero-order chi connectivity index (χ0) is 7.68. The van der Waals surface area contributed by atoms with Gasteiger partial charge in [-0.3, -0.25) is 0 Å². The van der Waals surface area contributed by atoms with Crippen LogP contribution in [0.3, 0.4) is 0 Å². The van der Waals surface area contributed by atoms with Gasteiger partial charge in [0.15, 0.2) is 0 Å². The zero-order valence-corrected chi connectivity index (χ0v) is 6.85. The Morgan fingerprint density at radius 2 is 2.36 bits per heavy atom. The molecule has 0 amide bonds. The number of hydrogen-bond donors (Lipinski definition) is 1. The Balaban J connectivity index is 0.000000720. The number of nitrogens with one attached hydrogen (secondary N) is 1. The van der Waals surface area contributed by atoms with E-state index in [0.717, 1.165) is 6.54 Å². The summed E-state index contributed by atoms with van der Waals surface area (Å²) in [7, 11) is 0. The van der Waals surface area contributed by atoms with Gasteiger partial charge in [-0.15, -0.1) is 0 Å². The van der Waals surface area contributed by atoms with E-state index in [1.54, 1.807) is 0 Å². The Morgan fingerprint density at radius 1 is 1.45 bits per heavy atom. The average Bonchev–Trinajstić information content (AvgIpc) is 2.04. The molecule has 0 spiro atoms. The predicted octanol–water partition coefficient (Wildman–Crippen LogP) is 2.60. The summed E-state index contributed by atoms with van der Waals surface area (Å²) >= 11 is 0. The number of aryl methyl sites for hydroxylation is 2. The number of hydrogen-bond acceptors (Lipinski definition) is 1. The highest BCUT2D eigenvalue weighted by Crippen LogP contribution is 2.22. The average molecular weight is 149 g/mol. The van der Waals surface area contributed by atoms with Crippen molar-refractivity contribution in [2.75, 3.05) is 11.9 Å². The molecular formula is C10H15N. The first-order valence-corrected chi connectivity index (χ1v) is 4.20. The van der Waals surface area contributed by atoms with Gasteiger partial charge < -0.3 is 5.32 Å². The highest BCUT2D eigenvalue weighted by atomic mass is 14.9. The van der Waals surface area contributed by atoms with Gasteiger partial charge in [-0.25, -0.2) is 0 Å². The maximum Gasteiger partial charge on any atom is 0.0375 e. The molecular weight excluding hydrogens is 134 g/mol. The van der Waals surface area contributed by atoms with E-state index in [1.165, 1.54) is 29.7 Å². The van der Waals surface area contributed by atoms with E-state index in [-0.39, 0.29) is 1.43 Å². The molecule has 1 aromatic carbocycles. The molecule has 1 aliphatic heterocycles. The molecule has 0 fully saturated rings. The van der Waals surface area contributed by atoms with Crippen molar-refractivity contribution in [3.63, 3.8) is 0 Å². The molecule has 11 heavy (non-hydrogen) atoms. The molecule has 1 aromatic rings. The summed E-state index contributed by atoms with van der Waals surface area (Å²) in [6.07, 6.45) is 2.51. The molecule has 60 valence electrons. The lowest BCUT2D eigenvalue weighted by molar-refractivity contribution is 0.829. The van der Waals surface area contributed by atoms with Crippen molar-refractivity contribution >= 4 is 5.69 Å². The second-order valence-corrected chi connectivity index (χ2v) is 3.19. The third-order valence-electron chi connectivity index (χ3n) is 2.20. The van der Waals surface area contributed by atoms with Crippen LogP contribution >= 0.6 is 0 Å². The molecule has 0 bridgehead atoms. The third-order valence-corrected chi connectivity index (χ3v) is 2.20. The fourth-order valence-corrected chi connectivity index (χ4v) is 1.57. The van der Waals surface area contributed by atoms with Crippen molar-refractivity contribution < 1.29 is 1.43 Å². The monoisotopic (exact) mass is 149 g/mol. The Morgan fingerprint density at radius 3 is 3.27 bits per heavy atom. The number of rotatable bonds is 0. The highest BCUT2D eigenvalue weighted by molar-refractivity contribution is 5.54. The smallest absolute Gasteiger partial charge is 0.0375 e. The molecule has 1 heterocycles. The van der Waals surface area contributed by atoms with Gasteiger partial charge in [-0.1, -0.05) is 12.1 Å². The largest absolute Gasteiger partial charge is 0.385 e. The molecule has 0 radical (unpaired) electrons. The van der Waals surface area contributed by atoms with Crippen LogP contribution in [-0.4, -0.2) is 6.54 Å². The van der Waals surface area contributed by atoms with Crippen molar-refractivity contribution in [3.8, 4) is 0 Å². The lowest BCUT2D eigenvalue weighted by Crippen LogP contribution is -2.11. The second kappa shape index (κ2) is 2.57. The van der Waals surface area contributed by atoms with Crippen LogP contribution in [0.25, 0.3) is 0 Å². The van der Waals surface area contributed by atoms with Gasteiger partial charge in [0, 0.05) is 13.7 Å². The maximum atomic E-state index is 3.40. The van der Waals surface area contributed by atoms with E-state index < -0.39 is 0 Å². The second-order valence-electron chi connectivity index (χ2n) is 3.19. The summed E-state index contributed by atoms with van der Waals surface area (Å²) in [5.74, 6) is 0. The molecule has 2 rings (SSSR count). The minimum atomic E-state index is 0. The van der Waals surface area contributed by atoms with Crippen molar-refractivity contribution in [3.05, 3.63) is 29.3 Å². The van der Waals surface area contributed by atoms with E-state index in [4.69, 9.17) is 0 Å². The highest BCUT2D eigenvalue weighted by Gasteiger charge is 2.06. The molecule has 0 unspecified atom stereocenters. The van der Waals surface area contributed by atoms with E-state index >= 15 is 0 Å². The standard InChI is InChI=1S/C10H13N.H2/c1-8-4-5-9-3-2-6-11-10(9)7-8;/h4-5,7,11H,2-3,6H2,1H3;1H. The fraction of sp³-hybridized carbons (Fsp3) is 0.400. The van der Waals surface area contributed by atoms with Gasteiger partial charge in [0.05, 0.1) is 0 Å². The minimum absolute atomic E-state index is 0. The van der Waals surface area contributed by atoms with Crippen LogP contribution in [0.4, 0.5) is 5.69 Å². The molecule has 0 atom stereocenters. The lowest BCUT2D eigenvalue weighted by atomic mass is 10.0. The lowest BCUT2D eigenvalue weighted by Gasteiger charge is -2.17. The van der Waals surface area contributed by atoms with E-state index in [0.29, 0.717) is 0 Å². The Bertz CT molecular complexity index is 271. The Hall–Kier alpha value is -0.980. The SMILES string of the molecule is Cc1ccc2c(c1)NCCC2.[HH]. The summed E-state index contributed by atoms with van der Waals surface area (Å²) in [5.41, 5.74) is 4.16.